The first kappa shape index (κ1) is 13.8. The van der Waals surface area contributed by atoms with Gasteiger partial charge in [-0.3, -0.25) is 0 Å². The second-order valence-electron chi connectivity index (χ2n) is 4.98. The van der Waals surface area contributed by atoms with Gasteiger partial charge in [-0.2, -0.15) is 11.8 Å². The number of rotatable bonds is 5. The first-order valence-electron chi connectivity index (χ1n) is 6.67. The molecule has 3 atom stereocenters. The first-order valence-corrected chi connectivity index (χ1v) is 7.96. The van der Waals surface area contributed by atoms with Gasteiger partial charge in [-0.15, -0.1) is 0 Å². The Kier molecular flexibility index (Phi) is 4.95. The van der Waals surface area contributed by atoms with E-state index in [-0.39, 0.29) is 0 Å². The third-order valence-corrected chi connectivity index (χ3v) is 4.98. The molecule has 0 radical (unpaired) electrons. The quantitative estimate of drug-likeness (QED) is 0.878. The van der Waals surface area contributed by atoms with Crippen molar-refractivity contribution in [2.75, 3.05) is 13.4 Å². The average Bonchev–Trinajstić information content (AvgIpc) is 2.86. The van der Waals surface area contributed by atoms with Crippen LogP contribution in [0.1, 0.15) is 37.8 Å². The molecule has 2 rings (SSSR count). The van der Waals surface area contributed by atoms with E-state index < -0.39 is 0 Å². The minimum atomic E-state index is 0.387. The maximum Gasteiger partial charge on any atom is 0.119 e. The summed E-state index contributed by atoms with van der Waals surface area (Å²) in [6, 6.07) is 9.40. The van der Waals surface area contributed by atoms with Gasteiger partial charge in [-0.1, -0.05) is 18.6 Å². The third kappa shape index (κ3) is 3.21. The predicted molar refractivity (Wildman–Crippen MR) is 79.5 cm³/mol. The van der Waals surface area contributed by atoms with Gasteiger partial charge in [0.15, 0.2) is 0 Å². The molecule has 18 heavy (non-hydrogen) atoms. The number of hydrogen-bond donors (Lipinski definition) is 1. The zero-order chi connectivity index (χ0) is 13.0. The van der Waals surface area contributed by atoms with E-state index in [0.29, 0.717) is 12.1 Å². The number of benzene rings is 1. The number of thioether (sulfide) groups is 1. The smallest absolute Gasteiger partial charge is 0.119 e. The van der Waals surface area contributed by atoms with E-state index in [1.54, 1.807) is 7.11 Å². The summed E-state index contributed by atoms with van der Waals surface area (Å²) in [6.45, 7) is 2.24. The molecule has 0 spiro atoms. The molecule has 0 heterocycles. The highest BCUT2D eigenvalue weighted by Gasteiger charge is 2.27. The summed E-state index contributed by atoms with van der Waals surface area (Å²) in [6.07, 6.45) is 6.23. The molecular weight excluding hydrogens is 242 g/mol. The van der Waals surface area contributed by atoms with Crippen molar-refractivity contribution in [3.05, 3.63) is 29.8 Å². The van der Waals surface area contributed by atoms with Crippen LogP contribution in [0, 0.1) is 0 Å². The Morgan fingerprint density at radius 1 is 1.39 bits per heavy atom. The van der Waals surface area contributed by atoms with E-state index >= 15 is 0 Å². The maximum atomic E-state index is 5.29. The minimum absolute atomic E-state index is 0.387. The van der Waals surface area contributed by atoms with Crippen LogP contribution in [-0.4, -0.2) is 24.7 Å². The standard InChI is InChI=1S/C15H23NOS/c1-11(12-6-4-7-13(10-12)17-2)16-14-8-5-9-15(14)18-3/h4,6-7,10-11,14-16H,5,8-9H2,1-3H3. The van der Waals surface area contributed by atoms with Crippen molar-refractivity contribution >= 4 is 11.8 Å². The molecule has 2 nitrogen and oxygen atoms in total. The number of nitrogens with one attached hydrogen (secondary N) is 1. The molecule has 3 heteroatoms. The van der Waals surface area contributed by atoms with Crippen LogP contribution in [0.5, 0.6) is 5.75 Å². The van der Waals surface area contributed by atoms with Crippen molar-refractivity contribution in [3.63, 3.8) is 0 Å². The fraction of sp³-hybridized carbons (Fsp3) is 0.600. The lowest BCUT2D eigenvalue weighted by Gasteiger charge is -2.24. The van der Waals surface area contributed by atoms with Crippen LogP contribution in [0.3, 0.4) is 0 Å². The molecule has 1 fully saturated rings. The first-order chi connectivity index (χ1) is 8.74. The lowest BCUT2D eigenvalue weighted by atomic mass is 10.1. The third-order valence-electron chi connectivity index (χ3n) is 3.81. The summed E-state index contributed by atoms with van der Waals surface area (Å²) in [7, 11) is 1.72. The van der Waals surface area contributed by atoms with Gasteiger partial charge in [0, 0.05) is 17.3 Å². The lowest BCUT2D eigenvalue weighted by Crippen LogP contribution is -2.35. The van der Waals surface area contributed by atoms with E-state index in [0.717, 1.165) is 11.0 Å². The Morgan fingerprint density at radius 2 is 2.22 bits per heavy atom. The fourth-order valence-electron chi connectivity index (χ4n) is 2.73. The summed E-state index contributed by atoms with van der Waals surface area (Å²) in [5.41, 5.74) is 1.31. The normalized spacial score (nSPS) is 25.1. The van der Waals surface area contributed by atoms with E-state index in [1.807, 2.05) is 17.8 Å². The van der Waals surface area contributed by atoms with Crippen molar-refractivity contribution in [1.82, 2.24) is 5.32 Å². The van der Waals surface area contributed by atoms with Gasteiger partial charge < -0.3 is 10.1 Å². The Bertz CT molecular complexity index is 383. The molecule has 1 saturated carbocycles. The maximum absolute atomic E-state index is 5.29. The van der Waals surface area contributed by atoms with Crippen LogP contribution in [0.15, 0.2) is 24.3 Å². The topological polar surface area (TPSA) is 21.3 Å². The van der Waals surface area contributed by atoms with Crippen LogP contribution in [0.25, 0.3) is 0 Å². The molecule has 1 N–H and O–H groups in total. The predicted octanol–water partition coefficient (Wildman–Crippen LogP) is 3.63. The second-order valence-corrected chi connectivity index (χ2v) is 6.05. The zero-order valence-corrected chi connectivity index (χ0v) is 12.3. The van der Waals surface area contributed by atoms with Crippen molar-refractivity contribution < 1.29 is 4.74 Å². The molecule has 0 amide bonds. The molecule has 100 valence electrons. The van der Waals surface area contributed by atoms with Gasteiger partial charge in [0.2, 0.25) is 0 Å². The molecule has 0 saturated heterocycles. The fourth-order valence-corrected chi connectivity index (χ4v) is 3.67. The number of ether oxygens (including phenoxy) is 1. The van der Waals surface area contributed by atoms with Crippen molar-refractivity contribution in [1.29, 1.82) is 0 Å². The van der Waals surface area contributed by atoms with Crippen LogP contribution >= 0.6 is 11.8 Å². The van der Waals surface area contributed by atoms with Crippen LogP contribution < -0.4 is 10.1 Å². The van der Waals surface area contributed by atoms with Crippen molar-refractivity contribution in [2.24, 2.45) is 0 Å². The van der Waals surface area contributed by atoms with Crippen molar-refractivity contribution in [2.45, 2.75) is 43.5 Å². The van der Waals surface area contributed by atoms with Gasteiger partial charge in [-0.25, -0.2) is 0 Å². The Labute approximate surface area is 114 Å². The molecule has 0 bridgehead atoms. The van der Waals surface area contributed by atoms with Crippen LogP contribution in [-0.2, 0) is 0 Å². The van der Waals surface area contributed by atoms with Crippen LogP contribution in [0.4, 0.5) is 0 Å². The lowest BCUT2D eigenvalue weighted by molar-refractivity contribution is 0.412. The summed E-state index contributed by atoms with van der Waals surface area (Å²) < 4.78 is 5.29. The van der Waals surface area contributed by atoms with Gasteiger partial charge in [0.05, 0.1) is 7.11 Å². The Balaban J connectivity index is 2.00. The molecule has 1 aliphatic rings. The minimum Gasteiger partial charge on any atom is -0.497 e. The largest absolute Gasteiger partial charge is 0.497 e. The molecule has 0 aromatic heterocycles. The SMILES string of the molecule is COc1cccc(C(C)NC2CCCC2SC)c1. The molecule has 1 aromatic carbocycles. The highest BCUT2D eigenvalue weighted by molar-refractivity contribution is 7.99. The molecule has 0 aliphatic heterocycles. The summed E-state index contributed by atoms with van der Waals surface area (Å²) in [4.78, 5) is 0. The molecular formula is C15H23NOS. The Morgan fingerprint density at radius 3 is 2.94 bits per heavy atom. The summed E-state index contributed by atoms with van der Waals surface area (Å²) in [5.74, 6) is 0.939. The summed E-state index contributed by atoms with van der Waals surface area (Å²) >= 11 is 2.00. The van der Waals surface area contributed by atoms with E-state index in [1.165, 1.54) is 24.8 Å². The Hall–Kier alpha value is -0.670. The highest BCUT2D eigenvalue weighted by atomic mass is 32.2. The van der Waals surface area contributed by atoms with Crippen LogP contribution in [0.2, 0.25) is 0 Å². The molecule has 3 unspecified atom stereocenters. The van der Waals surface area contributed by atoms with E-state index in [4.69, 9.17) is 4.74 Å². The highest BCUT2D eigenvalue weighted by Crippen LogP contribution is 2.30. The van der Waals surface area contributed by atoms with Gasteiger partial charge in [-0.05, 0) is 43.7 Å². The zero-order valence-electron chi connectivity index (χ0n) is 11.5. The van der Waals surface area contributed by atoms with E-state index in [9.17, 15) is 0 Å². The van der Waals surface area contributed by atoms with Crippen molar-refractivity contribution in [3.8, 4) is 5.75 Å². The second kappa shape index (κ2) is 6.48. The average molecular weight is 265 g/mol. The summed E-state index contributed by atoms with van der Waals surface area (Å²) in [5, 5.41) is 4.55. The van der Waals surface area contributed by atoms with Gasteiger partial charge in [0.1, 0.15) is 5.75 Å². The van der Waals surface area contributed by atoms with Gasteiger partial charge in [0.25, 0.3) is 0 Å². The monoisotopic (exact) mass is 265 g/mol. The van der Waals surface area contributed by atoms with Gasteiger partial charge >= 0.3 is 0 Å². The number of methoxy groups -OCH3 is 1. The van der Waals surface area contributed by atoms with E-state index in [2.05, 4.69) is 36.7 Å². The number of hydrogen-bond acceptors (Lipinski definition) is 3. The molecule has 1 aromatic rings. The molecule has 1 aliphatic carbocycles.